The van der Waals surface area contributed by atoms with E-state index in [4.69, 9.17) is 11.6 Å². The van der Waals surface area contributed by atoms with Crippen molar-refractivity contribution in [2.75, 3.05) is 13.1 Å². The van der Waals surface area contributed by atoms with Crippen molar-refractivity contribution >= 4 is 23.4 Å². The fraction of sp³-hybridized carbons (Fsp3) is 0.500. The van der Waals surface area contributed by atoms with Gasteiger partial charge in [0.25, 0.3) is 5.91 Å². The maximum atomic E-state index is 11.9. The van der Waals surface area contributed by atoms with Crippen molar-refractivity contribution in [3.05, 3.63) is 28.5 Å². The molecule has 0 aromatic carbocycles. The number of nitrogens with one attached hydrogen (secondary N) is 2. The van der Waals surface area contributed by atoms with Gasteiger partial charge in [-0.25, -0.2) is 4.98 Å². The number of hydrogen-bond donors (Lipinski definition) is 2. The number of halogens is 1. The van der Waals surface area contributed by atoms with E-state index in [1.807, 2.05) is 20.8 Å². The summed E-state index contributed by atoms with van der Waals surface area (Å²) in [6, 6.07) is 3.25. The van der Waals surface area contributed by atoms with Gasteiger partial charge >= 0.3 is 0 Å². The summed E-state index contributed by atoms with van der Waals surface area (Å²) in [5, 5.41) is 5.77. The number of rotatable bonds is 6. The SMILES string of the molecule is CCc1cc(C(=O)NCCNC(=O)C(C)C)cc(Cl)n1. The largest absolute Gasteiger partial charge is 0.354 e. The zero-order valence-corrected chi connectivity index (χ0v) is 12.8. The molecule has 0 unspecified atom stereocenters. The Bertz CT molecular complexity index is 489. The number of nitrogens with zero attached hydrogens (tertiary/aromatic N) is 1. The van der Waals surface area contributed by atoms with Gasteiger partial charge < -0.3 is 10.6 Å². The van der Waals surface area contributed by atoms with Crippen LogP contribution in [0.1, 0.15) is 36.8 Å². The maximum Gasteiger partial charge on any atom is 0.251 e. The highest BCUT2D eigenvalue weighted by molar-refractivity contribution is 6.29. The molecule has 1 rings (SSSR count). The molecule has 0 atom stereocenters. The summed E-state index contributed by atoms with van der Waals surface area (Å²) < 4.78 is 0. The van der Waals surface area contributed by atoms with Gasteiger partial charge in [-0.3, -0.25) is 9.59 Å². The molecule has 2 N–H and O–H groups in total. The van der Waals surface area contributed by atoms with E-state index in [0.29, 0.717) is 30.2 Å². The predicted molar refractivity (Wildman–Crippen MR) is 78.8 cm³/mol. The molecule has 20 heavy (non-hydrogen) atoms. The first-order valence-electron chi connectivity index (χ1n) is 6.66. The summed E-state index contributed by atoms with van der Waals surface area (Å²) >= 11 is 5.86. The van der Waals surface area contributed by atoms with Crippen LogP contribution >= 0.6 is 11.6 Å². The van der Waals surface area contributed by atoms with E-state index in [2.05, 4.69) is 15.6 Å². The molecule has 0 spiro atoms. The van der Waals surface area contributed by atoms with E-state index >= 15 is 0 Å². The second-order valence-corrected chi connectivity index (χ2v) is 5.11. The Morgan fingerprint density at radius 3 is 2.50 bits per heavy atom. The van der Waals surface area contributed by atoms with E-state index in [0.717, 1.165) is 5.69 Å². The summed E-state index contributed by atoms with van der Waals surface area (Å²) in [4.78, 5) is 27.4. The smallest absolute Gasteiger partial charge is 0.251 e. The molecule has 0 aliphatic rings. The normalized spacial score (nSPS) is 10.4. The number of carbonyl (C=O) groups excluding carboxylic acids is 2. The Labute approximate surface area is 124 Å². The zero-order valence-electron chi connectivity index (χ0n) is 12.0. The van der Waals surface area contributed by atoms with Crippen LogP contribution in [0.25, 0.3) is 0 Å². The summed E-state index contributed by atoms with van der Waals surface area (Å²) in [5.74, 6) is -0.306. The maximum absolute atomic E-state index is 11.9. The van der Waals surface area contributed by atoms with Gasteiger partial charge in [-0.1, -0.05) is 32.4 Å². The molecule has 1 aromatic heterocycles. The number of aryl methyl sites for hydroxylation is 1. The van der Waals surface area contributed by atoms with Crippen molar-refractivity contribution in [3.63, 3.8) is 0 Å². The van der Waals surface area contributed by atoms with Gasteiger partial charge in [0.05, 0.1) is 0 Å². The minimum atomic E-state index is -0.220. The summed E-state index contributed by atoms with van der Waals surface area (Å²) in [7, 11) is 0. The third-order valence-electron chi connectivity index (χ3n) is 2.71. The molecular formula is C14H20ClN3O2. The second-order valence-electron chi connectivity index (χ2n) is 4.73. The number of amides is 2. The van der Waals surface area contributed by atoms with Crippen molar-refractivity contribution in [1.82, 2.24) is 15.6 Å². The molecule has 2 amide bonds. The molecule has 0 bridgehead atoms. The van der Waals surface area contributed by atoms with Crippen LogP contribution in [0, 0.1) is 5.92 Å². The van der Waals surface area contributed by atoms with Crippen molar-refractivity contribution in [1.29, 1.82) is 0 Å². The Kier molecular flexibility index (Phi) is 6.45. The molecule has 0 fully saturated rings. The zero-order chi connectivity index (χ0) is 15.1. The van der Waals surface area contributed by atoms with Crippen LogP contribution in [-0.4, -0.2) is 29.9 Å². The third kappa shape index (κ3) is 5.17. The predicted octanol–water partition coefficient (Wildman–Crippen LogP) is 1.80. The fourth-order valence-corrected chi connectivity index (χ4v) is 1.76. The van der Waals surface area contributed by atoms with Gasteiger partial charge in [-0.05, 0) is 18.6 Å². The monoisotopic (exact) mass is 297 g/mol. The molecule has 0 aliphatic heterocycles. The van der Waals surface area contributed by atoms with Crippen LogP contribution in [0.5, 0.6) is 0 Å². The minimum Gasteiger partial charge on any atom is -0.354 e. The van der Waals surface area contributed by atoms with Crippen LogP contribution in [0.15, 0.2) is 12.1 Å². The first kappa shape index (κ1) is 16.4. The Balaban J connectivity index is 2.47. The van der Waals surface area contributed by atoms with Crippen LogP contribution < -0.4 is 10.6 Å². The van der Waals surface area contributed by atoms with Crippen molar-refractivity contribution in [2.24, 2.45) is 5.92 Å². The van der Waals surface area contributed by atoms with Crippen LogP contribution in [0.3, 0.4) is 0 Å². The molecular weight excluding hydrogens is 278 g/mol. The molecule has 5 nitrogen and oxygen atoms in total. The Hall–Kier alpha value is -1.62. The second kappa shape index (κ2) is 7.85. The van der Waals surface area contributed by atoms with E-state index in [1.54, 1.807) is 6.07 Å². The van der Waals surface area contributed by atoms with Gasteiger partial charge in [0.1, 0.15) is 5.15 Å². The van der Waals surface area contributed by atoms with E-state index < -0.39 is 0 Å². The molecule has 6 heteroatoms. The minimum absolute atomic E-state index is 0.0283. The van der Waals surface area contributed by atoms with E-state index in [9.17, 15) is 9.59 Å². The fourth-order valence-electron chi connectivity index (χ4n) is 1.53. The lowest BCUT2D eigenvalue weighted by Gasteiger charge is -2.09. The summed E-state index contributed by atoms with van der Waals surface area (Å²) in [6.07, 6.45) is 0.714. The van der Waals surface area contributed by atoms with Crippen molar-refractivity contribution < 1.29 is 9.59 Å². The highest BCUT2D eigenvalue weighted by atomic mass is 35.5. The van der Waals surface area contributed by atoms with Gasteiger partial charge in [0.2, 0.25) is 5.91 Å². The average molecular weight is 298 g/mol. The molecule has 1 heterocycles. The average Bonchev–Trinajstić information content (AvgIpc) is 2.42. The summed E-state index contributed by atoms with van der Waals surface area (Å²) in [5.41, 5.74) is 1.26. The molecule has 0 radical (unpaired) electrons. The topological polar surface area (TPSA) is 71.1 Å². The van der Waals surface area contributed by atoms with Gasteiger partial charge in [0, 0.05) is 30.3 Å². The van der Waals surface area contributed by atoms with E-state index in [-0.39, 0.29) is 17.7 Å². The number of aromatic nitrogens is 1. The Morgan fingerprint density at radius 2 is 1.90 bits per heavy atom. The van der Waals surface area contributed by atoms with Crippen LogP contribution in [0.2, 0.25) is 5.15 Å². The molecule has 0 saturated heterocycles. The third-order valence-corrected chi connectivity index (χ3v) is 2.90. The lowest BCUT2D eigenvalue weighted by atomic mass is 10.2. The highest BCUT2D eigenvalue weighted by Crippen LogP contribution is 2.11. The van der Waals surface area contributed by atoms with Gasteiger partial charge in [-0.15, -0.1) is 0 Å². The van der Waals surface area contributed by atoms with Crippen molar-refractivity contribution in [3.8, 4) is 0 Å². The number of hydrogen-bond acceptors (Lipinski definition) is 3. The lowest BCUT2D eigenvalue weighted by Crippen LogP contribution is -2.36. The Morgan fingerprint density at radius 1 is 1.25 bits per heavy atom. The number of carbonyl (C=O) groups is 2. The summed E-state index contributed by atoms with van der Waals surface area (Å²) in [6.45, 7) is 6.36. The van der Waals surface area contributed by atoms with Crippen LogP contribution in [-0.2, 0) is 11.2 Å². The number of pyridine rings is 1. The van der Waals surface area contributed by atoms with Gasteiger partial charge in [0.15, 0.2) is 0 Å². The molecule has 0 aliphatic carbocycles. The molecule has 0 saturated carbocycles. The highest BCUT2D eigenvalue weighted by Gasteiger charge is 2.09. The lowest BCUT2D eigenvalue weighted by molar-refractivity contribution is -0.123. The standard InChI is InChI=1S/C14H20ClN3O2/c1-4-11-7-10(8-12(15)18-11)14(20)17-6-5-16-13(19)9(2)3/h7-9H,4-6H2,1-3H3,(H,16,19)(H,17,20). The van der Waals surface area contributed by atoms with Gasteiger partial charge in [-0.2, -0.15) is 0 Å². The van der Waals surface area contributed by atoms with E-state index in [1.165, 1.54) is 6.07 Å². The molecule has 1 aromatic rings. The van der Waals surface area contributed by atoms with Crippen LogP contribution in [0.4, 0.5) is 0 Å². The van der Waals surface area contributed by atoms with Crippen molar-refractivity contribution in [2.45, 2.75) is 27.2 Å². The first-order chi connectivity index (χ1) is 9.43. The molecule has 110 valence electrons. The quantitative estimate of drug-likeness (QED) is 0.621. The first-order valence-corrected chi connectivity index (χ1v) is 7.04.